The Labute approximate surface area is 397 Å². The van der Waals surface area contributed by atoms with Crippen LogP contribution in [0, 0.1) is 67.0 Å². The Morgan fingerprint density at radius 1 is 0.500 bits per heavy atom. The van der Waals surface area contributed by atoms with Crippen LogP contribution in [0.2, 0.25) is 0 Å². The third-order valence-corrected chi connectivity index (χ3v) is 17.5. The van der Waals surface area contributed by atoms with Gasteiger partial charge in [-0.15, -0.1) is 11.6 Å². The molecule has 4 bridgehead atoms. The molecule has 0 aromatic rings. The van der Waals surface area contributed by atoms with Gasteiger partial charge >= 0.3 is 35.8 Å². The van der Waals surface area contributed by atoms with E-state index in [0.717, 1.165) is 77.3 Å². The minimum atomic E-state index is -1.39. The van der Waals surface area contributed by atoms with Gasteiger partial charge in [0.15, 0.2) is 0 Å². The van der Waals surface area contributed by atoms with E-state index in [9.17, 15) is 33.9 Å². The third kappa shape index (κ3) is 15.2. The van der Waals surface area contributed by atoms with Crippen molar-refractivity contribution in [3.05, 3.63) is 0 Å². The van der Waals surface area contributed by atoms with Gasteiger partial charge in [-0.05, 0) is 167 Å². The monoisotopic (exact) mass is 964 g/mol. The van der Waals surface area contributed by atoms with Gasteiger partial charge in [0.2, 0.25) is 0 Å². The van der Waals surface area contributed by atoms with E-state index >= 15 is 0 Å². The maximum absolute atomic E-state index is 11.2. The predicted molar refractivity (Wildman–Crippen MR) is 250 cm³/mol. The van der Waals surface area contributed by atoms with Crippen LogP contribution in [-0.4, -0.2) is 133 Å². The molecule has 1 heterocycles. The number of carbonyl (C=O) groups is 6. The van der Waals surface area contributed by atoms with E-state index in [0.29, 0.717) is 34.5 Å². The lowest BCUT2D eigenvalue weighted by atomic mass is 9.43. The lowest BCUT2D eigenvalue weighted by molar-refractivity contribution is -0.171. The van der Waals surface area contributed by atoms with Gasteiger partial charge in [0.25, 0.3) is 0 Å². The van der Waals surface area contributed by atoms with Crippen molar-refractivity contribution in [2.45, 2.75) is 159 Å². The van der Waals surface area contributed by atoms with Gasteiger partial charge in [-0.25, -0.2) is 0 Å². The zero-order valence-electron chi connectivity index (χ0n) is 41.8. The summed E-state index contributed by atoms with van der Waals surface area (Å²) in [7, 11) is 2.03. The second-order valence-corrected chi connectivity index (χ2v) is 23.5. The first kappa shape index (κ1) is 61.0. The molecule has 9 N–H and O–H groups in total. The number of likely N-dealkylation sites (tertiary alicyclic amines) is 1. The highest BCUT2D eigenvalue weighted by molar-refractivity contribution is 6.19. The van der Waals surface area contributed by atoms with Crippen molar-refractivity contribution in [3.8, 4) is 0 Å². The molecule has 0 aromatic heterocycles. The van der Waals surface area contributed by atoms with Crippen molar-refractivity contribution >= 4 is 47.4 Å². The van der Waals surface area contributed by atoms with E-state index in [2.05, 4.69) is 32.6 Å². The Kier molecular flexibility index (Phi) is 22.2. The van der Waals surface area contributed by atoms with Crippen molar-refractivity contribution in [3.63, 3.8) is 0 Å². The van der Waals surface area contributed by atoms with Crippen LogP contribution in [-0.2, 0) is 28.8 Å². The van der Waals surface area contributed by atoms with Gasteiger partial charge in [-0.2, -0.15) is 0 Å². The Hall–Kier alpha value is -3.05. The standard InChI is InChI=1S/C12H20O2.C11H18O2.C8H15NO2.C8H14O2.C5H9ClO3.C5H10O4/c1-11(2)8-4-5-9(11)7-12(3,6-8)10(13)14;1-10(2)7-4-8(10)6-11(3,5-7)9(12)13;1-8(7(10)11)3-5-9(2)6-4-8;1-8(7(9)10)5-3-2-4-6-8;2*1-5(2-6,3-7)4(8)9/h8-9H,4-7H2,1-3H3,(H,13,14);7-8H,4-6H2,1-3H3,(H,12,13);3-6H2,1-2H3,(H,10,11);2-6H2,1H3,(H,9,10);7H,2-3H2,1H3,(H,8,9);6-7H,2-3H2,1H3,(H,8,9). The van der Waals surface area contributed by atoms with Crippen molar-refractivity contribution in [2.75, 3.05) is 45.8 Å². The number of piperidine rings is 1. The van der Waals surface area contributed by atoms with Gasteiger partial charge < -0.3 is 50.9 Å². The van der Waals surface area contributed by atoms with E-state index in [4.69, 9.17) is 52.5 Å². The lowest BCUT2D eigenvalue weighted by Gasteiger charge is -2.61. The first-order chi connectivity index (χ1) is 30.0. The van der Waals surface area contributed by atoms with Gasteiger partial charge in [0.05, 0.1) is 41.5 Å². The van der Waals surface area contributed by atoms with E-state index in [1.54, 1.807) is 0 Å². The van der Waals surface area contributed by atoms with Crippen LogP contribution in [0.5, 0.6) is 0 Å². The number of fused-ring (bicyclic) bond motifs is 4. The zero-order valence-corrected chi connectivity index (χ0v) is 42.5. The Morgan fingerprint density at radius 2 is 0.803 bits per heavy atom. The third-order valence-electron chi connectivity index (χ3n) is 16.9. The van der Waals surface area contributed by atoms with E-state index < -0.39 is 88.1 Å². The predicted octanol–water partition coefficient (Wildman–Crippen LogP) is 7.67. The average molecular weight is 965 g/mol. The molecule has 5 atom stereocenters. The number of aliphatic carboxylic acids is 6. The van der Waals surface area contributed by atoms with E-state index in [-0.39, 0.29) is 5.88 Å². The molecular formula is C49H86ClNO15. The average Bonchev–Trinajstić information content (AvgIpc) is 3.38. The molecule has 0 aromatic carbocycles. The molecule has 1 aliphatic heterocycles. The van der Waals surface area contributed by atoms with Crippen molar-refractivity contribution < 1.29 is 74.7 Å². The summed E-state index contributed by atoms with van der Waals surface area (Å²) in [5, 5.41) is 78.0. The Balaban J connectivity index is 0.000000400. The normalized spacial score (nSPS) is 30.4. The summed E-state index contributed by atoms with van der Waals surface area (Å²) in [5.41, 5.74) is -3.51. The lowest BCUT2D eigenvalue weighted by Crippen LogP contribution is -2.55. The topological polar surface area (TPSA) is 288 Å². The van der Waals surface area contributed by atoms with Crippen molar-refractivity contribution in [1.29, 1.82) is 0 Å². The maximum atomic E-state index is 11.2. The molecule has 6 aliphatic carbocycles. The second-order valence-electron chi connectivity index (χ2n) is 23.2. The first-order valence-corrected chi connectivity index (χ1v) is 24.1. The summed E-state index contributed by atoms with van der Waals surface area (Å²) < 4.78 is 0. The molecule has 16 nitrogen and oxygen atoms in total. The van der Waals surface area contributed by atoms with E-state index in [1.807, 2.05) is 34.7 Å². The molecule has 7 aliphatic rings. The molecular weight excluding hydrogens is 878 g/mol. The van der Waals surface area contributed by atoms with Crippen LogP contribution in [0.1, 0.15) is 159 Å². The van der Waals surface area contributed by atoms with Crippen molar-refractivity contribution in [1.82, 2.24) is 4.90 Å². The highest BCUT2D eigenvalue weighted by Gasteiger charge is 2.58. The molecule has 0 spiro atoms. The quantitative estimate of drug-likeness (QED) is 0.0949. The fraction of sp³-hybridized carbons (Fsp3) is 0.878. The molecule has 17 heteroatoms. The van der Waals surface area contributed by atoms with Crippen LogP contribution < -0.4 is 0 Å². The van der Waals surface area contributed by atoms with Gasteiger partial charge in [0, 0.05) is 5.88 Å². The molecule has 7 fully saturated rings. The fourth-order valence-corrected chi connectivity index (χ4v) is 10.1. The number of hydrogen-bond acceptors (Lipinski definition) is 10. The Bertz CT molecular complexity index is 1580. The summed E-state index contributed by atoms with van der Waals surface area (Å²) in [6, 6.07) is 0. The summed E-state index contributed by atoms with van der Waals surface area (Å²) in [4.78, 5) is 66.3. The van der Waals surface area contributed by atoms with E-state index in [1.165, 1.54) is 39.5 Å². The molecule has 6 saturated carbocycles. The second kappa shape index (κ2) is 24.0. The number of rotatable bonds is 10. The molecule has 0 radical (unpaired) electrons. The molecule has 1 saturated heterocycles. The highest BCUT2D eigenvalue weighted by Crippen LogP contribution is 2.64. The summed E-state index contributed by atoms with van der Waals surface area (Å²) in [6.07, 6.45) is 13.9. The summed E-state index contributed by atoms with van der Waals surface area (Å²) in [5.74, 6) is -2.24. The summed E-state index contributed by atoms with van der Waals surface area (Å²) in [6.45, 7) is 19.7. The smallest absolute Gasteiger partial charge is 0.314 e. The number of halogens is 1. The minimum Gasteiger partial charge on any atom is -0.481 e. The molecule has 384 valence electrons. The zero-order chi connectivity index (χ0) is 51.5. The molecule has 66 heavy (non-hydrogen) atoms. The van der Waals surface area contributed by atoms with Crippen LogP contribution in [0.15, 0.2) is 0 Å². The summed E-state index contributed by atoms with van der Waals surface area (Å²) >= 11 is 5.26. The number of alkyl halides is 1. The SMILES string of the molecule is CC(CO)(CCl)C(=O)O.CC(CO)(CO)C(=O)O.CC1(C(=O)O)CC2CC(C1)C2(C)C.CC1(C(=O)O)CC2CCC(C1)C2(C)C.CC1(C(=O)O)CCCCC1.CN1CCC(C)(C(=O)O)CC1. The van der Waals surface area contributed by atoms with Crippen LogP contribution in [0.4, 0.5) is 0 Å². The van der Waals surface area contributed by atoms with Gasteiger partial charge in [-0.3, -0.25) is 28.8 Å². The van der Waals surface area contributed by atoms with Gasteiger partial charge in [0.1, 0.15) is 10.8 Å². The van der Waals surface area contributed by atoms with Gasteiger partial charge in [-0.1, -0.05) is 47.0 Å². The molecule has 5 unspecified atom stereocenters. The molecule has 7 rings (SSSR count). The number of hydrogen-bond donors (Lipinski definition) is 9. The maximum Gasteiger partial charge on any atom is 0.314 e. The first-order valence-electron chi connectivity index (χ1n) is 23.5. The number of carboxylic acid groups (broad SMARTS) is 6. The number of carboxylic acids is 6. The highest BCUT2D eigenvalue weighted by atomic mass is 35.5. The fourth-order valence-electron chi connectivity index (χ4n) is 9.94. The number of nitrogens with zero attached hydrogens (tertiary/aromatic N) is 1. The minimum absolute atomic E-state index is 0.0706. The largest absolute Gasteiger partial charge is 0.481 e. The van der Waals surface area contributed by atoms with Crippen LogP contribution >= 0.6 is 11.6 Å². The molecule has 0 amide bonds. The van der Waals surface area contributed by atoms with Crippen LogP contribution in [0.3, 0.4) is 0 Å². The van der Waals surface area contributed by atoms with Crippen LogP contribution in [0.25, 0.3) is 0 Å². The van der Waals surface area contributed by atoms with Crippen molar-refractivity contribution in [2.24, 2.45) is 67.0 Å². The number of aliphatic hydroxyl groups excluding tert-OH is 3. The Morgan fingerprint density at radius 3 is 1.03 bits per heavy atom. The number of aliphatic hydroxyl groups is 3.